The first-order valence-electron chi connectivity index (χ1n) is 13.5. The zero-order chi connectivity index (χ0) is 26.6. The second kappa shape index (κ2) is 12.8. The van der Waals surface area contributed by atoms with Crippen LogP contribution in [0.2, 0.25) is 0 Å². The summed E-state index contributed by atoms with van der Waals surface area (Å²) in [7, 11) is 1.72. The van der Waals surface area contributed by atoms with Gasteiger partial charge in [0.15, 0.2) is 11.4 Å². The molecule has 0 unspecified atom stereocenters. The third-order valence-corrected chi connectivity index (χ3v) is 8.47. The number of anilines is 1. The van der Waals surface area contributed by atoms with E-state index in [-0.39, 0.29) is 19.3 Å². The van der Waals surface area contributed by atoms with Gasteiger partial charge in [-0.15, -0.1) is 11.3 Å². The van der Waals surface area contributed by atoms with Gasteiger partial charge in [-0.25, -0.2) is 14.5 Å². The van der Waals surface area contributed by atoms with Crippen LogP contribution >= 0.6 is 11.3 Å². The minimum atomic E-state index is 0. The van der Waals surface area contributed by atoms with Gasteiger partial charge in [-0.05, 0) is 62.5 Å². The molecule has 0 amide bonds. The van der Waals surface area contributed by atoms with Crippen molar-refractivity contribution in [2.75, 3.05) is 38.3 Å². The van der Waals surface area contributed by atoms with Gasteiger partial charge in [0.1, 0.15) is 5.82 Å². The van der Waals surface area contributed by atoms with E-state index in [4.69, 9.17) is 14.7 Å². The number of carbonyl (C=O) groups excluding carboxylic acids is 1. The molecule has 0 radical (unpaired) electrons. The molecule has 1 aliphatic rings. The largest absolute Gasteiger partial charge is 0.383 e. The molecule has 0 bridgehead atoms. The molecule has 1 saturated heterocycles. The maximum atomic E-state index is 13.5. The lowest BCUT2D eigenvalue weighted by Gasteiger charge is -2.41. The number of thiophene rings is 1. The monoisotopic (exact) mass is 548 g/mol. The van der Waals surface area contributed by atoms with Crippen LogP contribution in [-0.2, 0) is 4.74 Å². The van der Waals surface area contributed by atoms with Crippen molar-refractivity contribution in [1.82, 2.24) is 24.5 Å². The Labute approximate surface area is 235 Å². The fraction of sp³-hybridized carbons (Fsp3) is 0.467. The highest BCUT2D eigenvalue weighted by molar-refractivity contribution is 7.13. The van der Waals surface area contributed by atoms with Gasteiger partial charge < -0.3 is 14.5 Å². The molecule has 4 aromatic rings. The van der Waals surface area contributed by atoms with E-state index < -0.39 is 0 Å². The third-order valence-electron chi connectivity index (χ3n) is 7.57. The number of hydrogen-bond donors (Lipinski definition) is 0. The van der Waals surface area contributed by atoms with E-state index in [0.29, 0.717) is 24.6 Å². The summed E-state index contributed by atoms with van der Waals surface area (Å²) in [6.07, 6.45) is 6.10. The van der Waals surface area contributed by atoms with E-state index in [9.17, 15) is 4.79 Å². The fourth-order valence-electron chi connectivity index (χ4n) is 5.20. The van der Waals surface area contributed by atoms with Gasteiger partial charge in [0.05, 0.1) is 40.7 Å². The van der Waals surface area contributed by atoms with Crippen molar-refractivity contribution >= 4 is 28.6 Å². The van der Waals surface area contributed by atoms with Crippen molar-refractivity contribution in [2.24, 2.45) is 0 Å². The number of nitrogens with zero attached hydrogens (tertiary/aromatic N) is 6. The quantitative estimate of drug-likeness (QED) is 0.199. The Morgan fingerprint density at radius 1 is 1.21 bits per heavy atom. The molecule has 0 N–H and O–H groups in total. The lowest BCUT2D eigenvalue weighted by Crippen LogP contribution is -2.50. The zero-order valence-electron chi connectivity index (χ0n) is 22.6. The van der Waals surface area contributed by atoms with Crippen LogP contribution in [0.25, 0.3) is 27.5 Å². The van der Waals surface area contributed by atoms with Gasteiger partial charge in [-0.3, -0.25) is 4.79 Å². The van der Waals surface area contributed by atoms with Crippen LogP contribution < -0.4 is 4.90 Å². The van der Waals surface area contributed by atoms with Crippen LogP contribution in [0, 0.1) is 0 Å². The highest BCUT2D eigenvalue weighted by atomic mass is 32.1. The van der Waals surface area contributed by atoms with Crippen LogP contribution in [0.3, 0.4) is 0 Å². The Bertz CT molecular complexity index is 1380. The molecule has 8 nitrogen and oxygen atoms in total. The van der Waals surface area contributed by atoms with Crippen LogP contribution in [0.15, 0.2) is 48.1 Å². The highest BCUT2D eigenvalue weighted by Gasteiger charge is 2.30. The smallest absolute Gasteiger partial charge is 0.165 e. The molecular formula is C30H40N6O2S. The maximum Gasteiger partial charge on any atom is 0.165 e. The maximum absolute atomic E-state index is 13.5. The summed E-state index contributed by atoms with van der Waals surface area (Å²) < 4.78 is 7.20. The molecule has 5 heterocycles. The Morgan fingerprint density at radius 2 is 2.03 bits per heavy atom. The third kappa shape index (κ3) is 6.05. The van der Waals surface area contributed by atoms with Gasteiger partial charge in [-0.1, -0.05) is 27.3 Å². The number of aromatic nitrogens is 4. The highest BCUT2D eigenvalue weighted by Crippen LogP contribution is 2.32. The van der Waals surface area contributed by atoms with Crippen molar-refractivity contribution in [2.45, 2.75) is 59.5 Å². The fourth-order valence-corrected chi connectivity index (χ4v) is 5.89. The number of hydrogen-bond acceptors (Lipinski definition) is 8. The average Bonchev–Trinajstić information content (AvgIpc) is 3.60. The second-order valence-electron chi connectivity index (χ2n) is 9.84. The predicted octanol–water partition coefficient (Wildman–Crippen LogP) is 6.07. The number of fused-ring (bicyclic) bond motifs is 1. The van der Waals surface area contributed by atoms with Crippen molar-refractivity contribution in [3.63, 3.8) is 0 Å². The molecule has 2 atom stereocenters. The van der Waals surface area contributed by atoms with Crippen molar-refractivity contribution < 1.29 is 9.53 Å². The molecule has 208 valence electrons. The van der Waals surface area contributed by atoms with E-state index in [1.54, 1.807) is 29.2 Å². The molecular weight excluding hydrogens is 508 g/mol. The molecule has 0 spiro atoms. The molecule has 0 aromatic carbocycles. The zero-order valence-corrected chi connectivity index (χ0v) is 23.4. The first kappa shape index (κ1) is 28.9. The summed E-state index contributed by atoms with van der Waals surface area (Å²) in [6.45, 7) is 10.0. The number of ketones is 1. The molecule has 9 heteroatoms. The average molecular weight is 549 g/mol. The van der Waals surface area contributed by atoms with E-state index in [1.807, 2.05) is 35.8 Å². The first-order chi connectivity index (χ1) is 18.5. The number of pyridine rings is 1. The van der Waals surface area contributed by atoms with Crippen LogP contribution in [0.5, 0.6) is 0 Å². The predicted molar refractivity (Wildman–Crippen MR) is 160 cm³/mol. The van der Waals surface area contributed by atoms with Crippen molar-refractivity contribution in [3.8, 4) is 21.8 Å². The summed E-state index contributed by atoms with van der Waals surface area (Å²) in [5.74, 6) is 0.950. The molecule has 1 fully saturated rings. The minimum Gasteiger partial charge on any atom is -0.383 e. The molecule has 5 rings (SSSR count). The number of methoxy groups -OCH3 is 1. The second-order valence-corrected chi connectivity index (χ2v) is 10.8. The topological polar surface area (TPSA) is 75.9 Å². The Kier molecular flexibility index (Phi) is 9.48. The van der Waals surface area contributed by atoms with Gasteiger partial charge in [0.2, 0.25) is 0 Å². The van der Waals surface area contributed by atoms with Gasteiger partial charge in [-0.2, -0.15) is 5.10 Å². The van der Waals surface area contributed by atoms with Gasteiger partial charge in [0, 0.05) is 37.9 Å². The summed E-state index contributed by atoms with van der Waals surface area (Å²) in [4.78, 5) is 29.2. The van der Waals surface area contributed by atoms with E-state index in [2.05, 4.69) is 41.7 Å². The van der Waals surface area contributed by atoms with E-state index in [0.717, 1.165) is 65.8 Å². The Balaban J connectivity index is 0.00000353. The van der Waals surface area contributed by atoms with E-state index >= 15 is 0 Å². The number of carbonyl (C=O) groups is 1. The van der Waals surface area contributed by atoms with Crippen LogP contribution in [0.1, 0.15) is 57.8 Å². The standard InChI is InChI=1S/C29H36N6O2S.CH4/c1-5-33(6-2)20(3)9-10-26(36)21-16-25(31-28(17-21)34-13-11-22(34)19-37-4)23-18-30-35-14-12-24(32-29(23)35)27-8-7-15-38-27;/h7-8,12,14-18,20,22H,5-6,9-11,13,19H2,1-4H3;1H4/t20-,22+;/m0./s1. The summed E-state index contributed by atoms with van der Waals surface area (Å²) in [6, 6.07) is 10.5. The van der Waals surface area contributed by atoms with Crippen molar-refractivity contribution in [1.29, 1.82) is 0 Å². The van der Waals surface area contributed by atoms with Crippen LogP contribution in [-0.4, -0.2) is 75.7 Å². The van der Waals surface area contributed by atoms with Crippen molar-refractivity contribution in [3.05, 3.63) is 53.7 Å². The molecule has 39 heavy (non-hydrogen) atoms. The minimum absolute atomic E-state index is 0. The van der Waals surface area contributed by atoms with Gasteiger partial charge >= 0.3 is 0 Å². The Morgan fingerprint density at radius 3 is 2.69 bits per heavy atom. The molecule has 4 aromatic heterocycles. The summed E-state index contributed by atoms with van der Waals surface area (Å²) in [5, 5.41) is 6.58. The number of ether oxygens (including phenoxy) is 1. The molecule has 1 aliphatic heterocycles. The number of rotatable bonds is 12. The Hall–Kier alpha value is -3.14. The lowest BCUT2D eigenvalue weighted by molar-refractivity contribution is 0.0964. The van der Waals surface area contributed by atoms with Gasteiger partial charge in [0.25, 0.3) is 0 Å². The summed E-state index contributed by atoms with van der Waals surface area (Å²) >= 11 is 1.66. The summed E-state index contributed by atoms with van der Waals surface area (Å²) in [5.41, 5.74) is 3.85. The first-order valence-corrected chi connectivity index (χ1v) is 14.3. The molecule has 0 saturated carbocycles. The number of Topliss-reactive ketones (excluding diaryl/α,β-unsaturated/α-hetero) is 1. The normalized spacial score (nSPS) is 15.8. The molecule has 0 aliphatic carbocycles. The van der Waals surface area contributed by atoms with Crippen LogP contribution in [0.4, 0.5) is 5.82 Å². The van der Waals surface area contributed by atoms with E-state index in [1.165, 1.54) is 0 Å². The SMILES string of the molecule is C.CCN(CC)[C@@H](C)CCC(=O)c1cc(-c2cnn3ccc(-c4cccs4)nc23)nc(N2CC[C@@H]2COC)c1. The lowest BCUT2D eigenvalue weighted by atomic mass is 10.00.